The molecular formula is C15H10FS. The molecule has 2 aromatic carbocycles. The number of rotatable bonds is 3. The third-order valence-corrected chi connectivity index (χ3v) is 3.15. The van der Waals surface area contributed by atoms with Crippen molar-refractivity contribution in [3.8, 4) is 12.3 Å². The standard InChI is InChI=1S/C15H10FS/c1-2-4-12-5-3-6-15(11-12)17-14-9-7-13(16)8-10-14/h1,3-11H. The van der Waals surface area contributed by atoms with E-state index in [1.807, 2.05) is 24.3 Å². The molecule has 2 heteroatoms. The lowest BCUT2D eigenvalue weighted by Crippen LogP contribution is -1.80. The molecule has 0 N–H and O–H groups in total. The molecule has 17 heavy (non-hydrogen) atoms. The molecule has 0 aliphatic carbocycles. The van der Waals surface area contributed by atoms with Crippen LogP contribution in [0.25, 0.3) is 0 Å². The molecule has 0 aromatic heterocycles. The molecular weight excluding hydrogens is 231 g/mol. The Bertz CT molecular complexity index is 538. The number of terminal acetylenes is 1. The fraction of sp³-hybridized carbons (Fsp3) is 0. The van der Waals surface area contributed by atoms with E-state index < -0.39 is 0 Å². The molecule has 0 unspecified atom stereocenters. The Morgan fingerprint density at radius 2 is 1.82 bits per heavy atom. The van der Waals surface area contributed by atoms with Gasteiger partial charge in [0.2, 0.25) is 0 Å². The van der Waals surface area contributed by atoms with Gasteiger partial charge in [-0.3, -0.25) is 0 Å². The predicted octanol–water partition coefficient (Wildman–Crippen LogP) is 4.16. The van der Waals surface area contributed by atoms with E-state index >= 15 is 0 Å². The normalized spacial score (nSPS) is 9.88. The topological polar surface area (TPSA) is 0 Å². The number of hydrogen-bond donors (Lipinski definition) is 0. The fourth-order valence-electron chi connectivity index (χ4n) is 1.40. The summed E-state index contributed by atoms with van der Waals surface area (Å²) in [5.41, 5.74) is 1.000. The van der Waals surface area contributed by atoms with Gasteiger partial charge in [0, 0.05) is 9.79 Å². The lowest BCUT2D eigenvalue weighted by Gasteiger charge is -2.03. The van der Waals surface area contributed by atoms with E-state index in [4.69, 9.17) is 6.42 Å². The van der Waals surface area contributed by atoms with Crippen LogP contribution < -0.4 is 0 Å². The Labute approximate surface area is 105 Å². The second-order valence-corrected chi connectivity index (χ2v) is 4.59. The van der Waals surface area contributed by atoms with Crippen LogP contribution in [0.4, 0.5) is 4.39 Å². The van der Waals surface area contributed by atoms with Crippen molar-refractivity contribution in [2.45, 2.75) is 9.79 Å². The second-order valence-electron chi connectivity index (χ2n) is 3.44. The van der Waals surface area contributed by atoms with Crippen molar-refractivity contribution in [1.29, 1.82) is 0 Å². The smallest absolute Gasteiger partial charge is 0.123 e. The predicted molar refractivity (Wildman–Crippen MR) is 69.2 cm³/mol. The van der Waals surface area contributed by atoms with Gasteiger partial charge in [-0.1, -0.05) is 29.8 Å². The van der Waals surface area contributed by atoms with Crippen molar-refractivity contribution in [2.24, 2.45) is 0 Å². The Kier molecular flexibility index (Phi) is 3.85. The molecule has 0 aliphatic rings. The van der Waals surface area contributed by atoms with Crippen LogP contribution in [0.3, 0.4) is 0 Å². The molecule has 0 heterocycles. The molecule has 2 rings (SSSR count). The minimum absolute atomic E-state index is 0.219. The third kappa shape index (κ3) is 3.37. The maximum atomic E-state index is 12.8. The minimum atomic E-state index is -0.219. The number of halogens is 1. The maximum absolute atomic E-state index is 12.8. The second kappa shape index (κ2) is 5.56. The van der Waals surface area contributed by atoms with E-state index in [1.54, 1.807) is 30.3 Å². The fourth-order valence-corrected chi connectivity index (χ4v) is 2.29. The zero-order valence-corrected chi connectivity index (χ0v) is 9.88. The van der Waals surface area contributed by atoms with Crippen LogP contribution in [0, 0.1) is 24.6 Å². The SMILES string of the molecule is C#C[CH]c1cccc(Sc2ccc(F)cc2)c1. The van der Waals surface area contributed by atoms with Crippen LogP contribution in [-0.4, -0.2) is 0 Å². The largest absolute Gasteiger partial charge is 0.207 e. The van der Waals surface area contributed by atoms with E-state index in [2.05, 4.69) is 5.92 Å². The van der Waals surface area contributed by atoms with Crippen LogP contribution in [0.15, 0.2) is 58.3 Å². The zero-order chi connectivity index (χ0) is 12.1. The summed E-state index contributed by atoms with van der Waals surface area (Å²) in [5.74, 6) is 2.28. The van der Waals surface area contributed by atoms with Crippen LogP contribution >= 0.6 is 11.8 Å². The highest BCUT2D eigenvalue weighted by molar-refractivity contribution is 7.99. The molecule has 0 aliphatic heterocycles. The van der Waals surface area contributed by atoms with Crippen molar-refractivity contribution < 1.29 is 4.39 Å². The van der Waals surface area contributed by atoms with E-state index in [0.29, 0.717) is 0 Å². The molecule has 0 nitrogen and oxygen atoms in total. The highest BCUT2D eigenvalue weighted by Crippen LogP contribution is 2.28. The summed E-state index contributed by atoms with van der Waals surface area (Å²) in [5, 5.41) is 0. The Balaban J connectivity index is 2.16. The third-order valence-electron chi connectivity index (χ3n) is 2.16. The summed E-state index contributed by atoms with van der Waals surface area (Å²) in [4.78, 5) is 2.09. The Morgan fingerprint density at radius 3 is 2.53 bits per heavy atom. The van der Waals surface area contributed by atoms with Crippen molar-refractivity contribution >= 4 is 11.8 Å². The molecule has 0 saturated heterocycles. The first-order valence-corrected chi connectivity index (χ1v) is 5.92. The van der Waals surface area contributed by atoms with Gasteiger partial charge in [0.15, 0.2) is 0 Å². The lowest BCUT2D eigenvalue weighted by atomic mass is 10.2. The quantitative estimate of drug-likeness (QED) is 0.727. The molecule has 0 fully saturated rings. The van der Waals surface area contributed by atoms with Gasteiger partial charge < -0.3 is 0 Å². The van der Waals surface area contributed by atoms with Crippen LogP contribution in [-0.2, 0) is 0 Å². The average molecular weight is 241 g/mol. The summed E-state index contributed by atoms with van der Waals surface area (Å²) in [7, 11) is 0. The maximum Gasteiger partial charge on any atom is 0.123 e. The van der Waals surface area contributed by atoms with E-state index in [1.165, 1.54) is 12.1 Å². The van der Waals surface area contributed by atoms with Gasteiger partial charge in [-0.25, -0.2) is 4.39 Å². The van der Waals surface area contributed by atoms with Crippen LogP contribution in [0.2, 0.25) is 0 Å². The number of benzene rings is 2. The Hall–Kier alpha value is -1.72. The van der Waals surface area contributed by atoms with Gasteiger partial charge in [-0.15, -0.1) is 6.42 Å². The molecule has 0 spiro atoms. The van der Waals surface area contributed by atoms with Gasteiger partial charge in [-0.2, -0.15) is 0 Å². The van der Waals surface area contributed by atoms with Crippen molar-refractivity contribution in [1.82, 2.24) is 0 Å². The van der Waals surface area contributed by atoms with E-state index in [0.717, 1.165) is 15.4 Å². The van der Waals surface area contributed by atoms with Crippen LogP contribution in [0.1, 0.15) is 5.56 Å². The van der Waals surface area contributed by atoms with Crippen LogP contribution in [0.5, 0.6) is 0 Å². The first kappa shape index (κ1) is 11.8. The minimum Gasteiger partial charge on any atom is -0.207 e. The highest BCUT2D eigenvalue weighted by Gasteiger charge is 1.99. The summed E-state index contributed by atoms with van der Waals surface area (Å²) in [6.45, 7) is 0. The first-order valence-electron chi connectivity index (χ1n) is 5.11. The summed E-state index contributed by atoms with van der Waals surface area (Å²) in [6.07, 6.45) is 6.94. The van der Waals surface area contributed by atoms with Crippen molar-refractivity contribution in [3.63, 3.8) is 0 Å². The number of hydrogen-bond acceptors (Lipinski definition) is 1. The van der Waals surface area contributed by atoms with Crippen molar-refractivity contribution in [2.75, 3.05) is 0 Å². The summed E-state index contributed by atoms with van der Waals surface area (Å²) < 4.78 is 12.8. The Morgan fingerprint density at radius 1 is 1.06 bits per heavy atom. The highest BCUT2D eigenvalue weighted by atomic mass is 32.2. The van der Waals surface area contributed by atoms with Gasteiger partial charge in [-0.05, 0) is 42.0 Å². The van der Waals surface area contributed by atoms with Crippen molar-refractivity contribution in [3.05, 3.63) is 66.3 Å². The molecule has 0 atom stereocenters. The van der Waals surface area contributed by atoms with E-state index in [-0.39, 0.29) is 5.82 Å². The molecule has 1 radical (unpaired) electrons. The first-order chi connectivity index (χ1) is 8.28. The van der Waals surface area contributed by atoms with Gasteiger partial charge >= 0.3 is 0 Å². The van der Waals surface area contributed by atoms with Gasteiger partial charge in [0.05, 0.1) is 6.42 Å². The molecule has 0 saturated carbocycles. The van der Waals surface area contributed by atoms with Gasteiger partial charge in [0.25, 0.3) is 0 Å². The summed E-state index contributed by atoms with van der Waals surface area (Å²) >= 11 is 1.58. The lowest BCUT2D eigenvalue weighted by molar-refractivity contribution is 0.626. The zero-order valence-electron chi connectivity index (χ0n) is 9.06. The summed E-state index contributed by atoms with van der Waals surface area (Å²) in [6, 6.07) is 14.4. The molecule has 2 aromatic rings. The molecule has 83 valence electrons. The van der Waals surface area contributed by atoms with E-state index in [9.17, 15) is 4.39 Å². The van der Waals surface area contributed by atoms with Gasteiger partial charge in [0.1, 0.15) is 5.82 Å². The monoisotopic (exact) mass is 241 g/mol. The molecule has 0 amide bonds. The molecule has 0 bridgehead atoms. The average Bonchev–Trinajstić information content (AvgIpc) is 2.33.